The Morgan fingerprint density at radius 3 is 2.57 bits per heavy atom. The molecule has 1 saturated heterocycles. The number of nitrogens with two attached hydrogens (primary N) is 1. The summed E-state index contributed by atoms with van der Waals surface area (Å²) in [4.78, 5) is 0.274. The summed E-state index contributed by atoms with van der Waals surface area (Å²) in [6.45, 7) is 1.72. The molecule has 0 aromatic heterocycles. The lowest BCUT2D eigenvalue weighted by molar-refractivity contribution is 0.562. The van der Waals surface area contributed by atoms with Crippen molar-refractivity contribution < 1.29 is 16.8 Å². The van der Waals surface area contributed by atoms with Crippen LogP contribution in [0, 0.1) is 6.92 Å². The largest absolute Gasteiger partial charge is 0.389 e. The van der Waals surface area contributed by atoms with Crippen molar-refractivity contribution in [3.8, 4) is 0 Å². The highest BCUT2D eigenvalue weighted by Crippen LogP contribution is 2.18. The van der Waals surface area contributed by atoms with E-state index in [1.807, 2.05) is 0 Å². The van der Waals surface area contributed by atoms with Crippen LogP contribution in [-0.2, 0) is 19.9 Å². The third-order valence-electron chi connectivity index (χ3n) is 3.33. The molecule has 1 aliphatic heterocycles. The Balaban J connectivity index is 2.24. The molecule has 0 amide bonds. The number of aryl methyl sites for hydroxylation is 1. The number of thiocarbonyl (C=S) groups is 1. The van der Waals surface area contributed by atoms with E-state index in [9.17, 15) is 16.8 Å². The summed E-state index contributed by atoms with van der Waals surface area (Å²) in [5, 5.41) is 0. The van der Waals surface area contributed by atoms with Crippen molar-refractivity contribution in [3.63, 3.8) is 0 Å². The van der Waals surface area contributed by atoms with Gasteiger partial charge in [0, 0.05) is 11.6 Å². The van der Waals surface area contributed by atoms with Gasteiger partial charge in [-0.3, -0.25) is 0 Å². The van der Waals surface area contributed by atoms with Gasteiger partial charge in [-0.25, -0.2) is 21.6 Å². The molecular weight excluding hydrogens is 332 g/mol. The van der Waals surface area contributed by atoms with Gasteiger partial charge < -0.3 is 5.73 Å². The van der Waals surface area contributed by atoms with Crippen molar-refractivity contribution in [3.05, 3.63) is 29.3 Å². The first-order chi connectivity index (χ1) is 9.61. The van der Waals surface area contributed by atoms with E-state index in [4.69, 9.17) is 18.0 Å². The average Bonchev–Trinajstić information content (AvgIpc) is 2.67. The second kappa shape index (κ2) is 5.64. The molecule has 0 radical (unpaired) electrons. The third-order valence-corrected chi connectivity index (χ3v) is 6.83. The molecule has 0 spiro atoms. The molecule has 1 heterocycles. The standard InChI is InChI=1S/C12H16N2O4S3/c1-8-6-10(2-3-11(8)12(13)19)21(17,18)14-9-4-5-20(15,16)7-9/h2-3,6,9,14H,4-5,7H2,1H3,(H2,13,19). The minimum atomic E-state index is -3.76. The summed E-state index contributed by atoms with van der Waals surface area (Å²) in [5.41, 5.74) is 6.81. The Morgan fingerprint density at radius 1 is 1.43 bits per heavy atom. The van der Waals surface area contributed by atoms with Crippen LogP contribution in [0.2, 0.25) is 0 Å². The van der Waals surface area contributed by atoms with Crippen LogP contribution in [0.5, 0.6) is 0 Å². The van der Waals surface area contributed by atoms with Crippen LogP contribution in [0.4, 0.5) is 0 Å². The molecule has 1 aromatic carbocycles. The van der Waals surface area contributed by atoms with Crippen LogP contribution < -0.4 is 10.5 Å². The molecule has 0 saturated carbocycles. The van der Waals surface area contributed by atoms with E-state index >= 15 is 0 Å². The number of hydrogen-bond donors (Lipinski definition) is 2. The monoisotopic (exact) mass is 348 g/mol. The maximum absolute atomic E-state index is 12.3. The second-order valence-electron chi connectivity index (χ2n) is 5.06. The van der Waals surface area contributed by atoms with Gasteiger partial charge in [-0.15, -0.1) is 0 Å². The molecule has 0 bridgehead atoms. The third kappa shape index (κ3) is 3.79. The zero-order valence-electron chi connectivity index (χ0n) is 11.4. The molecule has 3 N–H and O–H groups in total. The molecule has 2 rings (SSSR count). The normalized spacial score (nSPS) is 21.3. The fourth-order valence-corrected chi connectivity index (χ4v) is 5.62. The summed E-state index contributed by atoms with van der Waals surface area (Å²) in [6.07, 6.45) is 0.297. The van der Waals surface area contributed by atoms with Gasteiger partial charge in [-0.1, -0.05) is 18.3 Å². The number of benzene rings is 1. The predicted molar refractivity (Wildman–Crippen MR) is 84.4 cm³/mol. The zero-order valence-corrected chi connectivity index (χ0v) is 13.8. The highest BCUT2D eigenvalue weighted by Gasteiger charge is 2.31. The van der Waals surface area contributed by atoms with Crippen LogP contribution in [-0.4, -0.2) is 39.4 Å². The summed E-state index contributed by atoms with van der Waals surface area (Å²) < 4.78 is 49.7. The molecule has 21 heavy (non-hydrogen) atoms. The Hall–Kier alpha value is -1.03. The van der Waals surface area contributed by atoms with Gasteiger partial charge in [-0.2, -0.15) is 0 Å². The van der Waals surface area contributed by atoms with E-state index in [1.54, 1.807) is 13.0 Å². The number of hydrogen-bond acceptors (Lipinski definition) is 5. The van der Waals surface area contributed by atoms with Gasteiger partial charge >= 0.3 is 0 Å². The second-order valence-corrected chi connectivity index (χ2v) is 9.44. The fraction of sp³-hybridized carbons (Fsp3) is 0.417. The van der Waals surface area contributed by atoms with Crippen molar-refractivity contribution in [2.45, 2.75) is 24.3 Å². The minimum absolute atomic E-state index is 0.0135. The highest BCUT2D eigenvalue weighted by molar-refractivity contribution is 7.92. The van der Waals surface area contributed by atoms with Crippen LogP contribution in [0.25, 0.3) is 0 Å². The molecule has 0 aliphatic carbocycles. The maximum Gasteiger partial charge on any atom is 0.240 e. The highest BCUT2D eigenvalue weighted by atomic mass is 32.2. The molecule has 6 nitrogen and oxygen atoms in total. The number of rotatable bonds is 4. The smallest absolute Gasteiger partial charge is 0.240 e. The molecule has 1 unspecified atom stereocenters. The van der Waals surface area contributed by atoms with E-state index in [1.165, 1.54) is 12.1 Å². The number of nitrogens with one attached hydrogen (secondary N) is 1. The Bertz CT molecular complexity index is 785. The van der Waals surface area contributed by atoms with Crippen molar-refractivity contribution in [1.29, 1.82) is 0 Å². The van der Waals surface area contributed by atoms with Gasteiger partial charge in [0.1, 0.15) is 4.99 Å². The van der Waals surface area contributed by atoms with Gasteiger partial charge in [0.05, 0.1) is 16.4 Å². The fourth-order valence-electron chi connectivity index (χ4n) is 2.26. The van der Waals surface area contributed by atoms with Gasteiger partial charge in [0.25, 0.3) is 0 Å². The zero-order chi connectivity index (χ0) is 15.8. The first-order valence-electron chi connectivity index (χ1n) is 6.24. The van der Waals surface area contributed by atoms with Crippen molar-refractivity contribution in [2.75, 3.05) is 11.5 Å². The van der Waals surface area contributed by atoms with Crippen LogP contribution >= 0.6 is 12.2 Å². The van der Waals surface area contributed by atoms with E-state index in [0.717, 1.165) is 0 Å². The Morgan fingerprint density at radius 2 is 2.10 bits per heavy atom. The Kier molecular flexibility index (Phi) is 4.39. The summed E-state index contributed by atoms with van der Waals surface area (Å²) in [7, 11) is -6.89. The first kappa shape index (κ1) is 16.3. The lowest BCUT2D eigenvalue weighted by Crippen LogP contribution is -2.35. The topological polar surface area (TPSA) is 106 Å². The van der Waals surface area contributed by atoms with Crippen LogP contribution in [0.3, 0.4) is 0 Å². The van der Waals surface area contributed by atoms with Crippen LogP contribution in [0.1, 0.15) is 17.5 Å². The SMILES string of the molecule is Cc1cc(S(=O)(=O)NC2CCS(=O)(=O)C2)ccc1C(N)=S. The molecule has 1 aromatic rings. The van der Waals surface area contributed by atoms with E-state index in [-0.39, 0.29) is 21.4 Å². The lowest BCUT2D eigenvalue weighted by Gasteiger charge is -2.13. The minimum Gasteiger partial charge on any atom is -0.389 e. The molecular formula is C12H16N2O4S3. The lowest BCUT2D eigenvalue weighted by atomic mass is 10.1. The van der Waals surface area contributed by atoms with E-state index in [2.05, 4.69) is 4.72 Å². The molecule has 1 aliphatic rings. The molecule has 1 atom stereocenters. The van der Waals surface area contributed by atoms with Crippen LogP contribution in [0.15, 0.2) is 23.1 Å². The molecule has 116 valence electrons. The van der Waals surface area contributed by atoms with E-state index in [0.29, 0.717) is 17.5 Å². The van der Waals surface area contributed by atoms with Gasteiger partial charge in [-0.05, 0) is 31.0 Å². The van der Waals surface area contributed by atoms with Crippen molar-refractivity contribution in [1.82, 2.24) is 4.72 Å². The number of sulfonamides is 1. The van der Waals surface area contributed by atoms with Gasteiger partial charge in [0.15, 0.2) is 9.84 Å². The average molecular weight is 348 g/mol. The van der Waals surface area contributed by atoms with E-state index < -0.39 is 25.9 Å². The first-order valence-corrected chi connectivity index (χ1v) is 9.95. The Labute approximate surface area is 129 Å². The number of sulfone groups is 1. The van der Waals surface area contributed by atoms with Crippen molar-refractivity contribution in [2.24, 2.45) is 5.73 Å². The predicted octanol–water partition coefficient (Wildman–Crippen LogP) is 0.0946. The quantitative estimate of drug-likeness (QED) is 0.747. The summed E-state index contributed by atoms with van der Waals surface area (Å²) in [6, 6.07) is 3.86. The summed E-state index contributed by atoms with van der Waals surface area (Å²) in [5.74, 6) is -0.143. The molecule has 9 heteroatoms. The summed E-state index contributed by atoms with van der Waals surface area (Å²) >= 11 is 4.87. The van der Waals surface area contributed by atoms with Gasteiger partial charge in [0.2, 0.25) is 10.0 Å². The molecule has 1 fully saturated rings. The van der Waals surface area contributed by atoms with Crippen molar-refractivity contribution >= 4 is 37.1 Å². The maximum atomic E-state index is 12.3.